The molecule has 4 nitrogen and oxygen atoms in total. The molecule has 1 aromatic carbocycles. The Bertz CT molecular complexity index is 651. The second-order valence-electron chi connectivity index (χ2n) is 2.90. The molecule has 0 unspecified atom stereocenters. The van der Waals surface area contributed by atoms with Crippen LogP contribution in [0.2, 0.25) is 0 Å². The maximum atomic E-state index is 13.5. The monoisotopic (exact) mass is 228 g/mol. The van der Waals surface area contributed by atoms with E-state index in [1.54, 1.807) is 6.07 Å². The van der Waals surface area contributed by atoms with Gasteiger partial charge in [0.25, 0.3) is 0 Å². The van der Waals surface area contributed by atoms with E-state index in [1.165, 1.54) is 18.2 Å². The Morgan fingerprint density at radius 2 is 1.29 bits per heavy atom. The summed E-state index contributed by atoms with van der Waals surface area (Å²) in [6, 6.07) is 5.88. The summed E-state index contributed by atoms with van der Waals surface area (Å²) in [7, 11) is 0. The molecule has 0 amide bonds. The molecule has 1 aromatic rings. The third-order valence-corrected chi connectivity index (χ3v) is 2.07. The number of halogens is 2. The summed E-state index contributed by atoms with van der Waals surface area (Å²) in [5.41, 5.74) is -2.32. The Hall–Kier alpha value is -2.96. The van der Waals surface area contributed by atoms with E-state index in [0.717, 1.165) is 0 Å². The summed E-state index contributed by atoms with van der Waals surface area (Å²) in [4.78, 5) is 0. The zero-order chi connectivity index (χ0) is 13.0. The van der Waals surface area contributed by atoms with Crippen molar-refractivity contribution in [1.82, 2.24) is 0 Å². The first-order chi connectivity index (χ1) is 8.12. The first-order valence-corrected chi connectivity index (χ1v) is 4.23. The van der Waals surface area contributed by atoms with E-state index in [1.807, 2.05) is 0 Å². The minimum Gasteiger partial charge on any atom is -0.203 e. The molecule has 17 heavy (non-hydrogen) atoms. The van der Waals surface area contributed by atoms with E-state index >= 15 is 0 Å². The Labute approximate surface area is 95.2 Å². The van der Waals surface area contributed by atoms with E-state index in [0.29, 0.717) is 0 Å². The highest BCUT2D eigenvalue weighted by atomic mass is 19.2. The highest BCUT2D eigenvalue weighted by molar-refractivity contribution is 5.59. The smallest absolute Gasteiger partial charge is 0.178 e. The van der Waals surface area contributed by atoms with Crippen molar-refractivity contribution < 1.29 is 8.78 Å². The molecule has 0 fully saturated rings. The van der Waals surface area contributed by atoms with Crippen molar-refractivity contribution in [1.29, 1.82) is 21.0 Å². The summed E-state index contributed by atoms with van der Waals surface area (Å²) >= 11 is 0. The highest BCUT2D eigenvalue weighted by Gasteiger charge is 2.24. The molecule has 0 aliphatic heterocycles. The molecule has 0 bridgehead atoms. The number of benzene rings is 1. The van der Waals surface area contributed by atoms with Gasteiger partial charge in [0.1, 0.15) is 23.8 Å². The quantitative estimate of drug-likeness (QED) is 0.729. The molecule has 0 aliphatic rings. The number of hydrogen-bond donors (Lipinski definition) is 0. The number of nitrogens with zero attached hydrogens (tertiary/aromatic N) is 4. The average Bonchev–Trinajstić information content (AvgIpc) is 2.34. The SMILES string of the molecule is N#CCc1c(F)c(F)c(C#N)c(C#N)c1C#N. The molecule has 0 aliphatic carbocycles. The van der Waals surface area contributed by atoms with Crippen molar-refractivity contribution in [3.63, 3.8) is 0 Å². The van der Waals surface area contributed by atoms with Crippen LogP contribution in [-0.4, -0.2) is 0 Å². The van der Waals surface area contributed by atoms with Crippen molar-refractivity contribution in [3.05, 3.63) is 33.9 Å². The van der Waals surface area contributed by atoms with Crippen LogP contribution in [-0.2, 0) is 6.42 Å². The zero-order valence-electron chi connectivity index (χ0n) is 8.25. The van der Waals surface area contributed by atoms with E-state index in [9.17, 15) is 8.78 Å². The lowest BCUT2D eigenvalue weighted by Crippen LogP contribution is -2.05. The zero-order valence-corrected chi connectivity index (χ0v) is 8.25. The standard InChI is InChI=1S/C11H2F2N4/c12-10-6(1-2-14)7(3-15)8(4-16)9(5-17)11(10)13/h1H2. The Morgan fingerprint density at radius 3 is 1.71 bits per heavy atom. The van der Waals surface area contributed by atoms with E-state index in [2.05, 4.69) is 0 Å². The van der Waals surface area contributed by atoms with Gasteiger partial charge < -0.3 is 0 Å². The Balaban J connectivity index is 3.88. The first-order valence-electron chi connectivity index (χ1n) is 4.23. The minimum absolute atomic E-state index is 0.468. The summed E-state index contributed by atoms with van der Waals surface area (Å²) in [5, 5.41) is 34.6. The van der Waals surface area contributed by atoms with Crippen LogP contribution in [0, 0.1) is 57.0 Å². The van der Waals surface area contributed by atoms with Crippen LogP contribution in [0.3, 0.4) is 0 Å². The average molecular weight is 228 g/mol. The third-order valence-electron chi connectivity index (χ3n) is 2.07. The Kier molecular flexibility index (Phi) is 3.35. The third kappa shape index (κ3) is 1.76. The topological polar surface area (TPSA) is 95.2 Å². The van der Waals surface area contributed by atoms with Crippen molar-refractivity contribution in [2.75, 3.05) is 0 Å². The molecule has 0 radical (unpaired) electrons. The molecule has 0 saturated heterocycles. The van der Waals surface area contributed by atoms with E-state index in [-0.39, 0.29) is 0 Å². The number of rotatable bonds is 1. The van der Waals surface area contributed by atoms with Crippen LogP contribution in [0.5, 0.6) is 0 Å². The maximum Gasteiger partial charge on any atom is 0.178 e. The van der Waals surface area contributed by atoms with Gasteiger partial charge >= 0.3 is 0 Å². The summed E-state index contributed by atoms with van der Waals surface area (Å²) in [5.74, 6) is -2.94. The lowest BCUT2D eigenvalue weighted by Gasteiger charge is -2.06. The predicted molar refractivity (Wildman–Crippen MR) is 49.8 cm³/mol. The fourth-order valence-electron chi connectivity index (χ4n) is 1.32. The summed E-state index contributed by atoms with van der Waals surface area (Å²) in [6.45, 7) is 0. The van der Waals surface area contributed by atoms with Gasteiger partial charge in [0.05, 0.1) is 23.6 Å². The largest absolute Gasteiger partial charge is 0.203 e. The first kappa shape index (κ1) is 12.1. The van der Waals surface area contributed by atoms with Gasteiger partial charge in [-0.05, 0) is 0 Å². The van der Waals surface area contributed by atoms with Crippen molar-refractivity contribution in [2.24, 2.45) is 0 Å². The van der Waals surface area contributed by atoms with Gasteiger partial charge in [-0.3, -0.25) is 0 Å². The van der Waals surface area contributed by atoms with E-state index < -0.39 is 40.3 Å². The molecule has 0 N–H and O–H groups in total. The number of hydrogen-bond acceptors (Lipinski definition) is 4. The predicted octanol–water partition coefficient (Wildman–Crippen LogP) is 1.65. The molecule has 1 rings (SSSR count). The van der Waals surface area contributed by atoms with Crippen LogP contribution in [0.25, 0.3) is 0 Å². The second kappa shape index (κ2) is 4.71. The lowest BCUT2D eigenvalue weighted by molar-refractivity contribution is 0.498. The summed E-state index contributed by atoms with van der Waals surface area (Å²) in [6.07, 6.45) is -0.550. The van der Waals surface area contributed by atoms with Gasteiger partial charge in [-0.15, -0.1) is 0 Å². The van der Waals surface area contributed by atoms with Gasteiger partial charge in [-0.1, -0.05) is 0 Å². The van der Waals surface area contributed by atoms with Gasteiger partial charge in [0.2, 0.25) is 0 Å². The number of nitriles is 4. The van der Waals surface area contributed by atoms with E-state index in [4.69, 9.17) is 21.0 Å². The van der Waals surface area contributed by atoms with Crippen LogP contribution in [0.4, 0.5) is 8.78 Å². The fraction of sp³-hybridized carbons (Fsp3) is 0.0909. The van der Waals surface area contributed by atoms with Crippen molar-refractivity contribution >= 4 is 0 Å². The Morgan fingerprint density at radius 1 is 0.765 bits per heavy atom. The van der Waals surface area contributed by atoms with Crippen LogP contribution >= 0.6 is 0 Å². The van der Waals surface area contributed by atoms with Crippen LogP contribution in [0.1, 0.15) is 22.3 Å². The molecular formula is C11H2F2N4. The lowest BCUT2D eigenvalue weighted by atomic mass is 9.95. The van der Waals surface area contributed by atoms with Gasteiger partial charge in [-0.2, -0.15) is 21.0 Å². The normalized spacial score (nSPS) is 8.59. The molecule has 6 heteroatoms. The molecule has 0 aromatic heterocycles. The molecular weight excluding hydrogens is 226 g/mol. The fourth-order valence-corrected chi connectivity index (χ4v) is 1.32. The highest BCUT2D eigenvalue weighted by Crippen LogP contribution is 2.25. The van der Waals surface area contributed by atoms with Crippen molar-refractivity contribution in [3.8, 4) is 24.3 Å². The molecule has 80 valence electrons. The second-order valence-corrected chi connectivity index (χ2v) is 2.90. The van der Waals surface area contributed by atoms with Crippen LogP contribution in [0.15, 0.2) is 0 Å². The van der Waals surface area contributed by atoms with Crippen molar-refractivity contribution in [2.45, 2.75) is 6.42 Å². The molecule has 0 atom stereocenters. The van der Waals surface area contributed by atoms with Gasteiger partial charge in [0, 0.05) is 5.56 Å². The molecule has 0 saturated carbocycles. The molecule has 0 spiro atoms. The van der Waals surface area contributed by atoms with Gasteiger partial charge in [-0.25, -0.2) is 8.78 Å². The maximum absolute atomic E-state index is 13.5. The summed E-state index contributed by atoms with van der Waals surface area (Å²) < 4.78 is 26.8. The van der Waals surface area contributed by atoms with Crippen LogP contribution < -0.4 is 0 Å². The minimum atomic E-state index is -1.51. The van der Waals surface area contributed by atoms with Gasteiger partial charge in [0.15, 0.2) is 11.6 Å². The molecule has 0 heterocycles.